The molecule has 3 aromatic carbocycles. The number of hydrogen-bond acceptors (Lipinski definition) is 5. The van der Waals surface area contributed by atoms with E-state index in [-0.39, 0.29) is 28.9 Å². The average Bonchev–Trinajstić information content (AvgIpc) is 3.66. The SMILES string of the molecule is COC(=O)c1cccc(C#Cc2c(F)cc(OCc3c(-c4c(Cl)cccc4Cl)noc3C3CC3)cc2Cl)c1. The Morgan fingerprint density at radius 3 is 2.47 bits per heavy atom. The number of carbonyl (C=O) groups excluding carboxylic acids is 1. The first-order valence-electron chi connectivity index (χ1n) is 11.6. The molecule has 0 spiro atoms. The van der Waals surface area contributed by atoms with Crippen LogP contribution in [0.1, 0.15) is 51.6 Å². The van der Waals surface area contributed by atoms with Crippen molar-refractivity contribution in [3.8, 4) is 28.8 Å². The zero-order chi connectivity index (χ0) is 26.8. The summed E-state index contributed by atoms with van der Waals surface area (Å²) in [6.07, 6.45) is 1.96. The molecule has 0 saturated heterocycles. The number of halogens is 4. The number of aromatic nitrogens is 1. The minimum Gasteiger partial charge on any atom is -0.489 e. The molecule has 38 heavy (non-hydrogen) atoms. The van der Waals surface area contributed by atoms with Crippen LogP contribution >= 0.6 is 34.8 Å². The molecule has 1 aliphatic rings. The van der Waals surface area contributed by atoms with Gasteiger partial charge in [0.2, 0.25) is 0 Å². The van der Waals surface area contributed by atoms with Crippen molar-refractivity contribution < 1.29 is 23.2 Å². The molecule has 4 aromatic rings. The third kappa shape index (κ3) is 5.51. The molecule has 192 valence electrons. The minimum atomic E-state index is -0.647. The molecule has 5 rings (SSSR count). The normalized spacial score (nSPS) is 12.6. The fourth-order valence-electron chi connectivity index (χ4n) is 3.93. The highest BCUT2D eigenvalue weighted by Crippen LogP contribution is 2.46. The van der Waals surface area contributed by atoms with E-state index in [0.29, 0.717) is 43.8 Å². The Kier molecular flexibility index (Phi) is 7.62. The van der Waals surface area contributed by atoms with Gasteiger partial charge < -0.3 is 14.0 Å². The molecule has 0 amide bonds. The summed E-state index contributed by atoms with van der Waals surface area (Å²) >= 11 is 19.2. The molecule has 0 radical (unpaired) electrons. The van der Waals surface area contributed by atoms with E-state index in [4.69, 9.17) is 48.8 Å². The molecular weight excluding hydrogens is 552 g/mol. The summed E-state index contributed by atoms with van der Waals surface area (Å²) in [6.45, 7) is 0.0489. The molecule has 1 fully saturated rings. The van der Waals surface area contributed by atoms with Crippen molar-refractivity contribution >= 4 is 40.8 Å². The van der Waals surface area contributed by atoms with Crippen LogP contribution in [0.15, 0.2) is 59.1 Å². The molecular formula is C29H19Cl3FNO4. The summed E-state index contributed by atoms with van der Waals surface area (Å²) < 4.78 is 31.3. The van der Waals surface area contributed by atoms with Crippen LogP contribution < -0.4 is 4.74 Å². The second kappa shape index (κ2) is 11.1. The predicted molar refractivity (Wildman–Crippen MR) is 143 cm³/mol. The number of nitrogens with zero attached hydrogens (tertiary/aromatic N) is 1. The quantitative estimate of drug-likeness (QED) is 0.173. The molecule has 5 nitrogen and oxygen atoms in total. The van der Waals surface area contributed by atoms with Gasteiger partial charge in [-0.2, -0.15) is 0 Å². The Morgan fingerprint density at radius 1 is 1.05 bits per heavy atom. The van der Waals surface area contributed by atoms with Crippen molar-refractivity contribution in [2.45, 2.75) is 25.4 Å². The Balaban J connectivity index is 1.40. The Hall–Kier alpha value is -3.50. The van der Waals surface area contributed by atoms with Gasteiger partial charge in [0.25, 0.3) is 0 Å². The Bertz CT molecular complexity index is 1560. The molecule has 0 bridgehead atoms. The first-order chi connectivity index (χ1) is 18.4. The maximum Gasteiger partial charge on any atom is 0.337 e. The summed E-state index contributed by atoms with van der Waals surface area (Å²) in [5.41, 5.74) is 2.60. The van der Waals surface area contributed by atoms with E-state index in [1.54, 1.807) is 42.5 Å². The maximum atomic E-state index is 15.0. The molecule has 0 N–H and O–H groups in total. The minimum absolute atomic E-state index is 0.00896. The molecule has 1 saturated carbocycles. The first kappa shape index (κ1) is 26.1. The van der Waals surface area contributed by atoms with Gasteiger partial charge >= 0.3 is 5.97 Å². The van der Waals surface area contributed by atoms with Gasteiger partial charge in [-0.15, -0.1) is 0 Å². The number of methoxy groups -OCH3 is 1. The van der Waals surface area contributed by atoms with Crippen LogP contribution in [-0.2, 0) is 11.3 Å². The monoisotopic (exact) mass is 569 g/mol. The topological polar surface area (TPSA) is 61.6 Å². The van der Waals surface area contributed by atoms with Gasteiger partial charge in [0.05, 0.1) is 38.9 Å². The van der Waals surface area contributed by atoms with Crippen LogP contribution in [0.25, 0.3) is 11.3 Å². The van der Waals surface area contributed by atoms with Gasteiger partial charge in [-0.1, -0.05) is 63.9 Å². The number of benzene rings is 3. The highest BCUT2D eigenvalue weighted by Gasteiger charge is 2.33. The van der Waals surface area contributed by atoms with Crippen molar-refractivity contribution in [1.82, 2.24) is 5.16 Å². The van der Waals surface area contributed by atoms with Crippen molar-refractivity contribution in [1.29, 1.82) is 0 Å². The summed E-state index contributed by atoms with van der Waals surface area (Å²) in [7, 11) is 1.29. The van der Waals surface area contributed by atoms with E-state index in [1.165, 1.54) is 19.2 Å². The van der Waals surface area contributed by atoms with Crippen LogP contribution in [-0.4, -0.2) is 18.2 Å². The van der Waals surface area contributed by atoms with Crippen molar-refractivity contribution in [3.63, 3.8) is 0 Å². The molecule has 1 heterocycles. The van der Waals surface area contributed by atoms with Gasteiger partial charge in [0.1, 0.15) is 29.6 Å². The highest BCUT2D eigenvalue weighted by atomic mass is 35.5. The molecule has 9 heteroatoms. The van der Waals surface area contributed by atoms with Gasteiger partial charge in [-0.05, 0) is 43.2 Å². The second-order valence-corrected chi connectivity index (χ2v) is 9.84. The van der Waals surface area contributed by atoms with Crippen LogP contribution in [0, 0.1) is 17.7 Å². The van der Waals surface area contributed by atoms with E-state index in [1.807, 2.05) is 0 Å². The number of rotatable bonds is 6. The molecule has 0 aliphatic heterocycles. The standard InChI is InChI=1S/C29H19Cl3FNO4/c1-36-29(35)18-5-2-4-16(12-18)8-11-20-24(32)13-19(14-25(20)33)37-15-21-27(34-38-28(21)17-9-10-17)26-22(30)6-3-7-23(26)31/h2-7,12-14,17H,9-10,15H2,1H3. The zero-order valence-corrected chi connectivity index (χ0v) is 22.3. The first-order valence-corrected chi connectivity index (χ1v) is 12.7. The number of ether oxygens (including phenoxy) is 2. The Morgan fingerprint density at radius 2 is 1.79 bits per heavy atom. The molecule has 0 unspecified atom stereocenters. The fourth-order valence-corrected chi connectivity index (χ4v) is 4.75. The van der Waals surface area contributed by atoms with E-state index >= 15 is 4.39 Å². The lowest BCUT2D eigenvalue weighted by Gasteiger charge is -2.10. The summed E-state index contributed by atoms with van der Waals surface area (Å²) in [5, 5.41) is 5.18. The lowest BCUT2D eigenvalue weighted by molar-refractivity contribution is 0.0600. The fraction of sp³-hybridized carbons (Fsp3) is 0.172. The smallest absolute Gasteiger partial charge is 0.337 e. The van der Waals surface area contributed by atoms with Gasteiger partial charge in [0.15, 0.2) is 0 Å². The van der Waals surface area contributed by atoms with Crippen LogP contribution in [0.3, 0.4) is 0 Å². The van der Waals surface area contributed by atoms with Crippen molar-refractivity contribution in [2.24, 2.45) is 0 Å². The number of esters is 1. The van der Waals surface area contributed by atoms with E-state index in [2.05, 4.69) is 17.0 Å². The second-order valence-electron chi connectivity index (χ2n) is 8.62. The molecule has 1 aromatic heterocycles. The van der Waals surface area contributed by atoms with E-state index in [9.17, 15) is 4.79 Å². The van der Waals surface area contributed by atoms with Crippen LogP contribution in [0.4, 0.5) is 4.39 Å². The van der Waals surface area contributed by atoms with Gasteiger partial charge in [-0.3, -0.25) is 0 Å². The summed E-state index contributed by atoms with van der Waals surface area (Å²) in [6, 6.07) is 14.4. The molecule has 1 aliphatic carbocycles. The highest BCUT2D eigenvalue weighted by molar-refractivity contribution is 6.39. The van der Waals surface area contributed by atoms with Gasteiger partial charge in [0, 0.05) is 29.2 Å². The third-order valence-corrected chi connectivity index (χ3v) is 6.91. The average molecular weight is 571 g/mol. The van der Waals surface area contributed by atoms with Crippen molar-refractivity contribution in [2.75, 3.05) is 7.11 Å². The zero-order valence-electron chi connectivity index (χ0n) is 20.0. The summed E-state index contributed by atoms with van der Waals surface area (Å²) in [4.78, 5) is 11.7. The lowest BCUT2D eigenvalue weighted by Crippen LogP contribution is -2.01. The third-order valence-electron chi connectivity index (χ3n) is 5.98. The van der Waals surface area contributed by atoms with E-state index in [0.717, 1.165) is 12.8 Å². The predicted octanol–water partition coefficient (Wildman–Crippen LogP) is 8.08. The van der Waals surface area contributed by atoms with Crippen LogP contribution in [0.2, 0.25) is 15.1 Å². The Labute approximate surface area is 233 Å². The number of carbonyl (C=O) groups is 1. The largest absolute Gasteiger partial charge is 0.489 e. The van der Waals surface area contributed by atoms with E-state index < -0.39 is 11.8 Å². The van der Waals surface area contributed by atoms with Crippen LogP contribution in [0.5, 0.6) is 5.75 Å². The maximum absolute atomic E-state index is 15.0. The number of hydrogen-bond donors (Lipinski definition) is 0. The molecule has 0 atom stereocenters. The summed E-state index contributed by atoms with van der Waals surface area (Å²) in [5.74, 6) is 5.59. The lowest BCUT2D eigenvalue weighted by atomic mass is 10.0. The van der Waals surface area contributed by atoms with Gasteiger partial charge in [-0.25, -0.2) is 9.18 Å². The van der Waals surface area contributed by atoms with Crippen molar-refractivity contribution in [3.05, 3.63) is 103 Å².